The number of carbonyl (C=O) groups is 1. The van der Waals surface area contributed by atoms with Crippen LogP contribution in [-0.2, 0) is 9.53 Å². The predicted molar refractivity (Wildman–Crippen MR) is 96.1 cm³/mol. The van der Waals surface area contributed by atoms with Gasteiger partial charge in [-0.15, -0.1) is 0 Å². The summed E-state index contributed by atoms with van der Waals surface area (Å²) >= 11 is 0. The monoisotopic (exact) mass is 344 g/mol. The van der Waals surface area contributed by atoms with Crippen LogP contribution in [0.4, 0.5) is 0 Å². The molecule has 1 heterocycles. The fraction of sp³-hybridized carbons (Fsp3) is 0.864. The van der Waals surface area contributed by atoms with Crippen LogP contribution in [0.1, 0.15) is 72.6 Å². The Morgan fingerprint density at radius 3 is 2.64 bits per heavy atom. The Labute approximate surface area is 151 Å². The highest BCUT2D eigenvalue weighted by molar-refractivity contribution is 5.91. The Hall–Kier alpha value is -0.830. The molecule has 0 bridgehead atoms. The SMILES string of the molecule is CC(=O)[C@@]12O[C@]1(C)CC1C3CCC4C=C(O)CCC4(C)C3CCC12C. The molecule has 0 amide bonds. The summed E-state index contributed by atoms with van der Waals surface area (Å²) in [7, 11) is 0. The molecule has 0 spiro atoms. The van der Waals surface area contributed by atoms with Crippen molar-refractivity contribution in [2.75, 3.05) is 0 Å². The highest BCUT2D eigenvalue weighted by Gasteiger charge is 2.85. The van der Waals surface area contributed by atoms with Gasteiger partial charge in [-0.25, -0.2) is 0 Å². The first-order chi connectivity index (χ1) is 11.7. The number of fused-ring (bicyclic) bond motifs is 7. The molecule has 1 N–H and O–H groups in total. The van der Waals surface area contributed by atoms with Gasteiger partial charge in [0.25, 0.3) is 0 Å². The van der Waals surface area contributed by atoms with Crippen LogP contribution in [0, 0.1) is 34.5 Å². The summed E-state index contributed by atoms with van der Waals surface area (Å²) in [5.41, 5.74) is -0.368. The molecule has 0 aromatic carbocycles. The van der Waals surface area contributed by atoms with Gasteiger partial charge < -0.3 is 9.84 Å². The number of rotatable bonds is 1. The highest BCUT2D eigenvalue weighted by Crippen LogP contribution is 2.77. The molecule has 5 rings (SSSR count). The van der Waals surface area contributed by atoms with Crippen LogP contribution in [0.2, 0.25) is 0 Å². The van der Waals surface area contributed by atoms with Crippen LogP contribution in [0.3, 0.4) is 0 Å². The Balaban J connectivity index is 1.52. The summed E-state index contributed by atoms with van der Waals surface area (Å²) in [5.74, 6) is 3.48. The second-order valence-electron chi connectivity index (χ2n) is 10.5. The zero-order valence-electron chi connectivity index (χ0n) is 16.1. The van der Waals surface area contributed by atoms with Crippen LogP contribution in [0.15, 0.2) is 11.8 Å². The summed E-state index contributed by atoms with van der Waals surface area (Å²) in [6, 6.07) is 0. The minimum atomic E-state index is -0.502. The summed E-state index contributed by atoms with van der Waals surface area (Å²) in [6.45, 7) is 8.77. The van der Waals surface area contributed by atoms with Gasteiger partial charge in [0, 0.05) is 11.8 Å². The first kappa shape index (κ1) is 16.4. The normalized spacial score (nSPS) is 59.1. The lowest BCUT2D eigenvalue weighted by molar-refractivity contribution is -0.142. The van der Waals surface area contributed by atoms with E-state index in [2.05, 4.69) is 26.8 Å². The van der Waals surface area contributed by atoms with E-state index in [-0.39, 0.29) is 16.8 Å². The molecule has 1 aliphatic heterocycles. The second-order valence-corrected chi connectivity index (χ2v) is 10.5. The summed E-state index contributed by atoms with van der Waals surface area (Å²) in [6.07, 6.45) is 9.97. The van der Waals surface area contributed by atoms with E-state index in [1.807, 2.05) is 0 Å². The van der Waals surface area contributed by atoms with E-state index in [4.69, 9.17) is 4.74 Å². The van der Waals surface area contributed by atoms with Gasteiger partial charge in [0.1, 0.15) is 5.60 Å². The number of ketones is 1. The number of aliphatic hydroxyl groups is 1. The third-order valence-electron chi connectivity index (χ3n) is 9.64. The molecular formula is C22H32O3. The molecule has 1 saturated heterocycles. The maximum absolute atomic E-state index is 12.6. The Bertz CT molecular complexity index is 683. The lowest BCUT2D eigenvalue weighted by Crippen LogP contribution is -2.55. The topological polar surface area (TPSA) is 49.8 Å². The molecule has 3 nitrogen and oxygen atoms in total. The van der Waals surface area contributed by atoms with Crippen molar-refractivity contribution in [2.24, 2.45) is 34.5 Å². The standard InChI is InChI=1S/C22H32O3/c1-13(23)22-20(3)10-8-17-16(18(20)12-21(22,4)25-22)6-5-14-11-15(24)7-9-19(14,17)2/h11,14,16-18,24H,5-10,12H2,1-4H3/t14?,16?,17?,18?,19?,20?,21-,22+/m1/s1. The Morgan fingerprint density at radius 2 is 1.92 bits per heavy atom. The molecule has 0 radical (unpaired) electrons. The first-order valence-corrected chi connectivity index (χ1v) is 10.3. The van der Waals surface area contributed by atoms with Crippen molar-refractivity contribution < 1.29 is 14.6 Å². The second kappa shape index (κ2) is 4.52. The van der Waals surface area contributed by atoms with E-state index in [1.165, 1.54) is 19.3 Å². The van der Waals surface area contributed by atoms with Gasteiger partial charge in [-0.1, -0.05) is 13.8 Å². The van der Waals surface area contributed by atoms with Crippen LogP contribution in [-0.4, -0.2) is 22.1 Å². The molecule has 8 atom stereocenters. The first-order valence-electron chi connectivity index (χ1n) is 10.3. The predicted octanol–water partition coefficient (Wildman–Crippen LogP) is 4.81. The van der Waals surface area contributed by atoms with Gasteiger partial charge in [-0.3, -0.25) is 4.79 Å². The minimum Gasteiger partial charge on any atom is -0.513 e. The summed E-state index contributed by atoms with van der Waals surface area (Å²) in [4.78, 5) is 12.6. The van der Waals surface area contributed by atoms with Crippen molar-refractivity contribution >= 4 is 5.78 Å². The Morgan fingerprint density at radius 1 is 1.16 bits per heavy atom. The zero-order valence-corrected chi connectivity index (χ0v) is 16.1. The van der Waals surface area contributed by atoms with E-state index >= 15 is 0 Å². The molecule has 4 aliphatic carbocycles. The van der Waals surface area contributed by atoms with E-state index in [9.17, 15) is 9.90 Å². The average Bonchev–Trinajstić information content (AvgIpc) is 3.13. The number of aliphatic hydroxyl groups excluding tert-OH is 1. The van der Waals surface area contributed by atoms with Gasteiger partial charge in [0.2, 0.25) is 0 Å². The highest BCUT2D eigenvalue weighted by atomic mass is 16.6. The molecule has 3 heteroatoms. The Kier molecular flexibility index (Phi) is 2.96. The quantitative estimate of drug-likeness (QED) is 0.695. The van der Waals surface area contributed by atoms with Gasteiger partial charge in [-0.2, -0.15) is 0 Å². The van der Waals surface area contributed by atoms with Gasteiger partial charge in [0.05, 0.1) is 5.76 Å². The maximum atomic E-state index is 12.6. The van der Waals surface area contributed by atoms with Crippen molar-refractivity contribution in [3.05, 3.63) is 11.8 Å². The number of carbonyl (C=O) groups excluding carboxylic acids is 1. The van der Waals surface area contributed by atoms with E-state index in [0.29, 0.717) is 23.0 Å². The molecule has 3 saturated carbocycles. The van der Waals surface area contributed by atoms with Crippen LogP contribution in [0.25, 0.3) is 0 Å². The van der Waals surface area contributed by atoms with E-state index < -0.39 is 5.60 Å². The number of hydrogen-bond donors (Lipinski definition) is 1. The number of hydrogen-bond acceptors (Lipinski definition) is 3. The van der Waals surface area contributed by atoms with Gasteiger partial charge >= 0.3 is 0 Å². The fourth-order valence-electron chi connectivity index (χ4n) is 8.46. The van der Waals surface area contributed by atoms with Crippen molar-refractivity contribution in [3.8, 4) is 0 Å². The third-order valence-corrected chi connectivity index (χ3v) is 9.64. The smallest absolute Gasteiger partial charge is 0.165 e. The third kappa shape index (κ3) is 1.66. The van der Waals surface area contributed by atoms with Crippen LogP contribution in [0.5, 0.6) is 0 Å². The summed E-state index contributed by atoms with van der Waals surface area (Å²) < 4.78 is 6.20. The summed E-state index contributed by atoms with van der Waals surface area (Å²) in [5, 5.41) is 10.0. The van der Waals surface area contributed by atoms with Crippen LogP contribution >= 0.6 is 0 Å². The number of ether oxygens (including phenoxy) is 1. The molecule has 0 aromatic rings. The van der Waals surface area contributed by atoms with Gasteiger partial charge in [-0.05, 0) is 87.5 Å². The van der Waals surface area contributed by atoms with Crippen LogP contribution < -0.4 is 0 Å². The van der Waals surface area contributed by atoms with Crippen molar-refractivity contribution in [3.63, 3.8) is 0 Å². The molecule has 6 unspecified atom stereocenters. The fourth-order valence-corrected chi connectivity index (χ4v) is 8.46. The molecule has 5 aliphatic rings. The number of epoxide rings is 1. The number of allylic oxidation sites excluding steroid dienone is 2. The lowest BCUT2D eigenvalue weighted by Gasteiger charge is -2.59. The largest absolute Gasteiger partial charge is 0.513 e. The van der Waals surface area contributed by atoms with Crippen molar-refractivity contribution in [1.29, 1.82) is 0 Å². The minimum absolute atomic E-state index is 0.0184. The molecule has 0 aromatic heterocycles. The molecule has 4 fully saturated rings. The molecule has 138 valence electrons. The van der Waals surface area contributed by atoms with Gasteiger partial charge in [0.15, 0.2) is 11.4 Å². The van der Waals surface area contributed by atoms with Crippen molar-refractivity contribution in [2.45, 2.75) is 83.8 Å². The maximum Gasteiger partial charge on any atom is 0.165 e. The average molecular weight is 344 g/mol. The lowest BCUT2D eigenvalue weighted by atomic mass is 9.45. The van der Waals surface area contributed by atoms with Crippen molar-refractivity contribution in [1.82, 2.24) is 0 Å². The zero-order chi connectivity index (χ0) is 17.8. The molecule has 25 heavy (non-hydrogen) atoms. The van der Waals surface area contributed by atoms with E-state index in [0.717, 1.165) is 37.5 Å². The number of Topliss-reactive ketones (excluding diaryl/α,β-unsaturated/α-hetero) is 1. The molecular weight excluding hydrogens is 312 g/mol. The van der Waals surface area contributed by atoms with E-state index in [1.54, 1.807) is 6.92 Å².